The maximum atomic E-state index is 13.5. The second kappa shape index (κ2) is 10.0. The third kappa shape index (κ3) is 5.64. The highest BCUT2D eigenvalue weighted by molar-refractivity contribution is 7.54. The highest BCUT2D eigenvalue weighted by Gasteiger charge is 2.29. The van der Waals surface area contributed by atoms with Crippen LogP contribution in [-0.2, 0) is 17.4 Å². The van der Waals surface area contributed by atoms with E-state index in [1.807, 2.05) is 48.5 Å². The van der Waals surface area contributed by atoms with Gasteiger partial charge in [-0.25, -0.2) is 4.57 Å². The van der Waals surface area contributed by atoms with E-state index in [-0.39, 0.29) is 0 Å². The van der Waals surface area contributed by atoms with Gasteiger partial charge in [-0.2, -0.15) is 0 Å². The average molecular weight is 370 g/mol. The Labute approximate surface area is 156 Å². The largest absolute Gasteiger partial charge is 0.430 e. The molecule has 0 aromatic heterocycles. The van der Waals surface area contributed by atoms with Crippen molar-refractivity contribution < 1.29 is 13.6 Å². The summed E-state index contributed by atoms with van der Waals surface area (Å²) in [5.74, 6) is 1.18. The summed E-state index contributed by atoms with van der Waals surface area (Å²) in [5.41, 5.74) is 1.89. The standard InChI is InChI=1S/C22H27O3P/c1-4-7-18-26(23,24-21-16-10-8-14-19(21)12-5-2)25-22-17-11-9-15-20(22)13-6-3/h5-6,8-11,14-17H,2-4,7,12-13,18H2,1H3. The van der Waals surface area contributed by atoms with Crippen LogP contribution < -0.4 is 9.05 Å². The molecule has 3 nitrogen and oxygen atoms in total. The molecule has 26 heavy (non-hydrogen) atoms. The first-order valence-corrected chi connectivity index (χ1v) is 10.7. The van der Waals surface area contributed by atoms with Crippen LogP contribution in [0.1, 0.15) is 30.9 Å². The normalized spacial score (nSPS) is 11.0. The molecular weight excluding hydrogens is 343 g/mol. The third-order valence-corrected chi connectivity index (χ3v) is 5.75. The molecular formula is C22H27O3P. The maximum Gasteiger partial charge on any atom is 0.430 e. The first-order valence-electron chi connectivity index (χ1n) is 8.97. The van der Waals surface area contributed by atoms with E-state index in [4.69, 9.17) is 9.05 Å². The summed E-state index contributed by atoms with van der Waals surface area (Å²) in [6, 6.07) is 15.2. The Bertz CT molecular complexity index is 723. The van der Waals surface area contributed by atoms with Crippen molar-refractivity contribution in [3.8, 4) is 11.5 Å². The van der Waals surface area contributed by atoms with Gasteiger partial charge in [-0.1, -0.05) is 61.9 Å². The van der Waals surface area contributed by atoms with E-state index < -0.39 is 7.60 Å². The molecule has 0 atom stereocenters. The van der Waals surface area contributed by atoms with Gasteiger partial charge in [0, 0.05) is 0 Å². The lowest BCUT2D eigenvalue weighted by Crippen LogP contribution is -2.07. The second-order valence-corrected chi connectivity index (χ2v) is 8.11. The quantitative estimate of drug-likeness (QED) is 0.330. The zero-order chi connectivity index (χ0) is 18.8. The number of para-hydroxylation sites is 2. The molecule has 0 N–H and O–H groups in total. The van der Waals surface area contributed by atoms with Crippen LogP contribution in [0.5, 0.6) is 11.5 Å². The number of hydrogen-bond donors (Lipinski definition) is 0. The minimum absolute atomic E-state index is 0.369. The summed E-state index contributed by atoms with van der Waals surface area (Å²) >= 11 is 0. The first kappa shape index (κ1) is 20.1. The molecule has 0 radical (unpaired) electrons. The number of hydrogen-bond acceptors (Lipinski definition) is 3. The summed E-state index contributed by atoms with van der Waals surface area (Å²) < 4.78 is 25.5. The van der Waals surface area contributed by atoms with Crippen molar-refractivity contribution in [2.45, 2.75) is 32.6 Å². The van der Waals surface area contributed by atoms with E-state index in [0.717, 1.165) is 24.0 Å². The fraction of sp³-hybridized carbons (Fsp3) is 0.273. The number of unbranched alkanes of at least 4 members (excludes halogenated alkanes) is 1. The van der Waals surface area contributed by atoms with Crippen LogP contribution in [0.2, 0.25) is 0 Å². The molecule has 2 aromatic carbocycles. The summed E-state index contributed by atoms with van der Waals surface area (Å²) in [6.45, 7) is 9.61. The number of allylic oxidation sites excluding steroid dienone is 2. The van der Waals surface area contributed by atoms with Gasteiger partial charge < -0.3 is 9.05 Å². The SMILES string of the molecule is C=CCc1ccccc1OP(=O)(CCCC)Oc1ccccc1CC=C. The van der Waals surface area contributed by atoms with Crippen molar-refractivity contribution in [2.24, 2.45) is 0 Å². The molecule has 0 unspecified atom stereocenters. The van der Waals surface area contributed by atoms with Crippen molar-refractivity contribution in [3.63, 3.8) is 0 Å². The second-order valence-electron chi connectivity index (χ2n) is 6.07. The fourth-order valence-corrected chi connectivity index (χ4v) is 4.47. The van der Waals surface area contributed by atoms with Crippen molar-refractivity contribution in [1.82, 2.24) is 0 Å². The number of rotatable bonds is 11. The lowest BCUT2D eigenvalue weighted by atomic mass is 10.1. The predicted octanol–water partition coefficient (Wildman–Crippen LogP) is 6.59. The Kier molecular flexibility index (Phi) is 7.74. The van der Waals surface area contributed by atoms with Crippen LogP contribution in [0.4, 0.5) is 0 Å². The molecule has 138 valence electrons. The van der Waals surface area contributed by atoms with Gasteiger partial charge in [0.1, 0.15) is 11.5 Å². The molecule has 0 aliphatic rings. The van der Waals surface area contributed by atoms with Crippen LogP contribution in [0.25, 0.3) is 0 Å². The molecule has 0 fully saturated rings. The molecule has 0 bridgehead atoms. The zero-order valence-electron chi connectivity index (χ0n) is 15.4. The van der Waals surface area contributed by atoms with E-state index in [9.17, 15) is 4.57 Å². The van der Waals surface area contributed by atoms with E-state index >= 15 is 0 Å². The van der Waals surface area contributed by atoms with E-state index in [0.29, 0.717) is 30.5 Å². The molecule has 0 heterocycles. The van der Waals surface area contributed by atoms with Crippen LogP contribution in [-0.4, -0.2) is 6.16 Å². The van der Waals surface area contributed by atoms with Crippen molar-refractivity contribution >= 4 is 7.60 Å². The van der Waals surface area contributed by atoms with Crippen molar-refractivity contribution in [1.29, 1.82) is 0 Å². The third-order valence-electron chi connectivity index (χ3n) is 3.93. The van der Waals surface area contributed by atoms with Crippen molar-refractivity contribution in [3.05, 3.63) is 85.0 Å². The minimum Gasteiger partial charge on any atom is -0.416 e. The Hall–Kier alpha value is -2.25. The van der Waals surface area contributed by atoms with Crippen LogP contribution in [0.3, 0.4) is 0 Å². The van der Waals surface area contributed by atoms with Gasteiger partial charge in [-0.3, -0.25) is 0 Å². The minimum atomic E-state index is -3.35. The van der Waals surface area contributed by atoms with Crippen LogP contribution in [0, 0.1) is 0 Å². The zero-order valence-corrected chi connectivity index (χ0v) is 16.3. The highest BCUT2D eigenvalue weighted by Crippen LogP contribution is 2.50. The average Bonchev–Trinajstić information content (AvgIpc) is 2.64. The molecule has 0 saturated carbocycles. The smallest absolute Gasteiger partial charge is 0.416 e. The number of benzene rings is 2. The summed E-state index contributed by atoms with van der Waals surface area (Å²) in [5, 5.41) is 0. The van der Waals surface area contributed by atoms with Gasteiger partial charge in [0.2, 0.25) is 0 Å². The Morgan fingerprint density at radius 1 is 0.885 bits per heavy atom. The van der Waals surface area contributed by atoms with E-state index in [2.05, 4.69) is 20.1 Å². The maximum absolute atomic E-state index is 13.5. The van der Waals surface area contributed by atoms with E-state index in [1.54, 1.807) is 12.2 Å². The molecule has 2 rings (SSSR count). The lowest BCUT2D eigenvalue weighted by Gasteiger charge is -2.22. The topological polar surface area (TPSA) is 35.5 Å². The molecule has 0 saturated heterocycles. The first-order chi connectivity index (χ1) is 12.6. The van der Waals surface area contributed by atoms with Gasteiger partial charge in [-0.05, 0) is 42.5 Å². The Morgan fingerprint density at radius 3 is 1.77 bits per heavy atom. The molecule has 0 spiro atoms. The molecule has 0 aliphatic heterocycles. The molecule has 4 heteroatoms. The molecule has 0 amide bonds. The fourth-order valence-electron chi connectivity index (χ4n) is 2.60. The summed E-state index contributed by atoms with van der Waals surface area (Å²) in [4.78, 5) is 0. The van der Waals surface area contributed by atoms with Crippen LogP contribution in [0.15, 0.2) is 73.8 Å². The van der Waals surface area contributed by atoms with Gasteiger partial charge in [0.05, 0.1) is 6.16 Å². The van der Waals surface area contributed by atoms with Crippen LogP contribution >= 0.6 is 7.60 Å². The highest BCUT2D eigenvalue weighted by atomic mass is 31.2. The van der Waals surface area contributed by atoms with Gasteiger partial charge >= 0.3 is 7.60 Å². The van der Waals surface area contributed by atoms with Gasteiger partial charge in [0.15, 0.2) is 0 Å². The monoisotopic (exact) mass is 370 g/mol. The summed E-state index contributed by atoms with van der Waals surface area (Å²) in [6.07, 6.45) is 6.96. The summed E-state index contributed by atoms with van der Waals surface area (Å²) in [7, 11) is -3.35. The lowest BCUT2D eigenvalue weighted by molar-refractivity contribution is 0.381. The Morgan fingerprint density at radius 2 is 1.35 bits per heavy atom. The predicted molar refractivity (Wildman–Crippen MR) is 109 cm³/mol. The van der Waals surface area contributed by atoms with E-state index in [1.165, 1.54) is 0 Å². The Balaban J connectivity index is 2.32. The molecule has 2 aromatic rings. The van der Waals surface area contributed by atoms with Gasteiger partial charge in [0.25, 0.3) is 0 Å². The molecule has 0 aliphatic carbocycles. The van der Waals surface area contributed by atoms with Gasteiger partial charge in [-0.15, -0.1) is 13.2 Å². The van der Waals surface area contributed by atoms with Crippen molar-refractivity contribution in [2.75, 3.05) is 6.16 Å².